The van der Waals surface area contributed by atoms with Gasteiger partial charge in [0.25, 0.3) is 0 Å². The first kappa shape index (κ1) is 25.5. The molecule has 0 radical (unpaired) electrons. The normalized spacial score (nSPS) is 16.9. The maximum atomic E-state index is 14.0. The first-order chi connectivity index (χ1) is 15.2. The molecular formula is C24H28Cl2N2O4S. The number of rotatable bonds is 4. The minimum absolute atomic E-state index is 0.126. The van der Waals surface area contributed by atoms with Gasteiger partial charge in [-0.3, -0.25) is 9.78 Å². The van der Waals surface area contributed by atoms with E-state index in [1.165, 1.54) is 6.20 Å². The Morgan fingerprint density at radius 2 is 1.82 bits per heavy atom. The average molecular weight is 511 g/mol. The molecule has 0 amide bonds. The zero-order valence-electron chi connectivity index (χ0n) is 19.8. The fraction of sp³-hybridized carbons (Fsp3) is 0.417. The lowest BCUT2D eigenvalue weighted by molar-refractivity contribution is -0.145. The summed E-state index contributed by atoms with van der Waals surface area (Å²) in [5, 5.41) is 0.540. The minimum Gasteiger partial charge on any atom is -0.422 e. The molecule has 9 heteroatoms. The molecule has 1 aliphatic heterocycles. The van der Waals surface area contributed by atoms with E-state index < -0.39 is 26.0 Å². The number of esters is 1. The summed E-state index contributed by atoms with van der Waals surface area (Å²) in [5.41, 5.74) is 0.564. The Bertz CT molecular complexity index is 1260. The van der Waals surface area contributed by atoms with E-state index in [0.717, 1.165) is 0 Å². The van der Waals surface area contributed by atoms with Crippen LogP contribution in [0, 0.1) is 5.41 Å². The predicted octanol–water partition coefficient (Wildman–Crippen LogP) is 5.92. The van der Waals surface area contributed by atoms with E-state index in [-0.39, 0.29) is 21.3 Å². The van der Waals surface area contributed by atoms with Crippen molar-refractivity contribution in [1.29, 1.82) is 0 Å². The Balaban J connectivity index is 2.48. The second-order valence-electron chi connectivity index (χ2n) is 9.48. The fourth-order valence-corrected chi connectivity index (χ4v) is 6.15. The van der Waals surface area contributed by atoms with Gasteiger partial charge in [0, 0.05) is 30.9 Å². The molecule has 0 atom stereocenters. The summed E-state index contributed by atoms with van der Waals surface area (Å²) in [6, 6.07) is 6.48. The van der Waals surface area contributed by atoms with Gasteiger partial charge in [-0.05, 0) is 53.7 Å². The average Bonchev–Trinajstić information content (AvgIpc) is 2.72. The van der Waals surface area contributed by atoms with E-state index in [1.54, 1.807) is 58.9 Å². The Kier molecular flexibility index (Phi) is 6.65. The molecule has 178 valence electrons. The predicted molar refractivity (Wildman–Crippen MR) is 134 cm³/mol. The number of nitrogens with zero attached hydrogens (tertiary/aromatic N) is 2. The molecule has 6 nitrogen and oxygen atoms in total. The summed E-state index contributed by atoms with van der Waals surface area (Å²) in [5.74, 6) is -0.711. The van der Waals surface area contributed by atoms with E-state index in [9.17, 15) is 13.2 Å². The van der Waals surface area contributed by atoms with Crippen LogP contribution in [0.2, 0.25) is 10.0 Å². The summed E-state index contributed by atoms with van der Waals surface area (Å²) < 4.78 is 32.5. The molecule has 0 spiro atoms. The molecule has 0 saturated carbocycles. The van der Waals surface area contributed by atoms with Crippen LogP contribution in [0.1, 0.15) is 58.4 Å². The van der Waals surface area contributed by atoms with Crippen molar-refractivity contribution in [2.75, 3.05) is 18.5 Å². The highest BCUT2D eigenvalue weighted by Gasteiger charge is 2.49. The van der Waals surface area contributed by atoms with Crippen LogP contribution in [-0.4, -0.2) is 33.0 Å². The number of anilines is 1. The standard InChI is InChI=1S/C24H28Cl2N2O4S/c1-8-28(7)19-16(25)12-11-14(17(19)26)21-20(32-22(29)23(2,3)4)18-15(10-9-13-27-18)24(5,6)33(21,30)31/h9-13H,8H2,1-7H3. The van der Waals surface area contributed by atoms with Gasteiger partial charge in [0.2, 0.25) is 0 Å². The summed E-state index contributed by atoms with van der Waals surface area (Å²) in [6.07, 6.45) is 1.54. The monoisotopic (exact) mass is 510 g/mol. The van der Waals surface area contributed by atoms with Gasteiger partial charge in [-0.1, -0.05) is 35.3 Å². The molecule has 0 fully saturated rings. The number of carbonyl (C=O) groups is 1. The van der Waals surface area contributed by atoms with Crippen LogP contribution in [0.25, 0.3) is 10.7 Å². The first-order valence-corrected chi connectivity index (χ1v) is 12.8. The topological polar surface area (TPSA) is 76.6 Å². The number of halogens is 2. The molecular weight excluding hydrogens is 483 g/mol. The molecule has 2 aromatic rings. The van der Waals surface area contributed by atoms with Gasteiger partial charge in [-0.2, -0.15) is 0 Å². The lowest BCUT2D eigenvalue weighted by Gasteiger charge is -2.35. The summed E-state index contributed by atoms with van der Waals surface area (Å²) in [4.78, 5) is 19.0. The number of hydrogen-bond donors (Lipinski definition) is 0. The SMILES string of the molecule is CCN(C)c1c(Cl)ccc(C2=C(OC(=O)C(C)(C)C)c3ncccc3C(C)(C)S2(=O)=O)c1Cl. The Morgan fingerprint density at radius 1 is 1.18 bits per heavy atom. The fourth-order valence-electron chi connectivity index (χ4n) is 3.53. The third kappa shape index (κ3) is 4.15. The number of fused-ring (bicyclic) bond motifs is 1. The molecule has 0 saturated heterocycles. The van der Waals surface area contributed by atoms with Crippen LogP contribution in [0.15, 0.2) is 30.5 Å². The third-order valence-electron chi connectivity index (χ3n) is 5.79. The highest BCUT2D eigenvalue weighted by Crippen LogP contribution is 2.51. The molecule has 1 aromatic heterocycles. The summed E-state index contributed by atoms with van der Waals surface area (Å²) >= 11 is 13.2. The highest BCUT2D eigenvalue weighted by atomic mass is 35.5. The van der Waals surface area contributed by atoms with Crippen molar-refractivity contribution in [3.05, 3.63) is 57.3 Å². The zero-order chi connectivity index (χ0) is 24.9. The molecule has 1 aromatic carbocycles. The highest BCUT2D eigenvalue weighted by molar-refractivity contribution is 8.01. The summed E-state index contributed by atoms with van der Waals surface area (Å²) in [6.45, 7) is 10.8. The smallest absolute Gasteiger partial charge is 0.316 e. The van der Waals surface area contributed by atoms with E-state index in [0.29, 0.717) is 28.5 Å². The number of sulfone groups is 1. The molecule has 0 unspecified atom stereocenters. The summed E-state index contributed by atoms with van der Waals surface area (Å²) in [7, 11) is -2.27. The number of hydrogen-bond acceptors (Lipinski definition) is 6. The van der Waals surface area contributed by atoms with Gasteiger partial charge in [0.05, 0.1) is 25.9 Å². The molecule has 0 N–H and O–H groups in total. The molecule has 0 bridgehead atoms. The number of aromatic nitrogens is 1. The van der Waals surface area contributed by atoms with E-state index in [4.69, 9.17) is 27.9 Å². The number of ether oxygens (including phenoxy) is 1. The lowest BCUT2D eigenvalue weighted by atomic mass is 9.96. The molecule has 1 aliphatic rings. The van der Waals surface area contributed by atoms with Gasteiger partial charge in [0.1, 0.15) is 10.6 Å². The van der Waals surface area contributed by atoms with E-state index in [2.05, 4.69) is 4.98 Å². The Labute approximate surface area is 205 Å². The van der Waals surface area contributed by atoms with E-state index in [1.807, 2.05) is 18.9 Å². The second-order valence-corrected chi connectivity index (χ2v) is 12.7. The quantitative estimate of drug-likeness (QED) is 0.474. The lowest BCUT2D eigenvalue weighted by Crippen LogP contribution is -2.36. The van der Waals surface area contributed by atoms with Crippen molar-refractivity contribution >= 4 is 55.4 Å². The minimum atomic E-state index is -4.08. The number of benzene rings is 1. The maximum absolute atomic E-state index is 14.0. The van der Waals surface area contributed by atoms with Crippen LogP contribution in [0.4, 0.5) is 5.69 Å². The van der Waals surface area contributed by atoms with Crippen molar-refractivity contribution in [3.8, 4) is 0 Å². The van der Waals surface area contributed by atoms with Crippen molar-refractivity contribution in [2.45, 2.75) is 46.3 Å². The second kappa shape index (κ2) is 8.60. The van der Waals surface area contributed by atoms with Crippen LogP contribution in [0.3, 0.4) is 0 Å². The molecule has 33 heavy (non-hydrogen) atoms. The molecule has 2 heterocycles. The largest absolute Gasteiger partial charge is 0.422 e. The van der Waals surface area contributed by atoms with Crippen LogP contribution in [0.5, 0.6) is 0 Å². The zero-order valence-corrected chi connectivity index (χ0v) is 22.1. The van der Waals surface area contributed by atoms with Crippen molar-refractivity contribution in [2.24, 2.45) is 5.41 Å². The van der Waals surface area contributed by atoms with E-state index >= 15 is 0 Å². The van der Waals surface area contributed by atoms with Gasteiger partial charge in [-0.15, -0.1) is 0 Å². The third-order valence-corrected chi connectivity index (χ3v) is 8.99. The van der Waals surface area contributed by atoms with Crippen LogP contribution in [-0.2, 0) is 24.1 Å². The first-order valence-electron chi connectivity index (χ1n) is 10.5. The number of pyridine rings is 1. The Hall–Kier alpha value is -2.09. The van der Waals surface area contributed by atoms with Crippen molar-refractivity contribution < 1.29 is 17.9 Å². The molecule has 3 rings (SSSR count). The molecule has 0 aliphatic carbocycles. The maximum Gasteiger partial charge on any atom is 0.316 e. The van der Waals surface area contributed by atoms with Gasteiger partial charge < -0.3 is 9.64 Å². The van der Waals surface area contributed by atoms with Gasteiger partial charge in [-0.25, -0.2) is 8.42 Å². The van der Waals surface area contributed by atoms with Crippen LogP contribution < -0.4 is 4.90 Å². The number of carbonyl (C=O) groups excluding carboxylic acids is 1. The Morgan fingerprint density at radius 3 is 2.39 bits per heavy atom. The van der Waals surface area contributed by atoms with Crippen molar-refractivity contribution in [3.63, 3.8) is 0 Å². The van der Waals surface area contributed by atoms with Gasteiger partial charge in [0.15, 0.2) is 15.6 Å². The van der Waals surface area contributed by atoms with Crippen molar-refractivity contribution in [1.82, 2.24) is 4.98 Å². The van der Waals surface area contributed by atoms with Crippen LogP contribution >= 0.6 is 23.2 Å². The van der Waals surface area contributed by atoms with Gasteiger partial charge >= 0.3 is 5.97 Å².